The molecule has 0 unspecified atom stereocenters. The van der Waals surface area contributed by atoms with E-state index in [0.717, 1.165) is 19.8 Å². The molecule has 0 aliphatic rings. The zero-order valence-electron chi connectivity index (χ0n) is 9.86. The number of nitrogens with two attached hydrogens (primary N) is 1. The van der Waals surface area contributed by atoms with Crippen molar-refractivity contribution in [1.82, 2.24) is 5.16 Å². The van der Waals surface area contributed by atoms with Gasteiger partial charge in [0.2, 0.25) is 5.88 Å². The number of nitrogens with zero attached hydrogens (tertiary/aromatic N) is 1. The van der Waals surface area contributed by atoms with Gasteiger partial charge < -0.3 is 10.3 Å². The van der Waals surface area contributed by atoms with E-state index in [-0.39, 0.29) is 5.88 Å². The van der Waals surface area contributed by atoms with Crippen LogP contribution in [-0.4, -0.2) is 5.16 Å². The first-order valence-corrected chi connectivity index (χ1v) is 7.89. The highest BCUT2D eigenvalue weighted by Gasteiger charge is 2.19. The fourth-order valence-electron chi connectivity index (χ4n) is 1.84. The molecular weight excluding hydrogens is 383 g/mol. The molecule has 7 heteroatoms. The maximum Gasteiger partial charge on any atom is 0.230 e. The lowest BCUT2D eigenvalue weighted by atomic mass is 10.0. The summed E-state index contributed by atoms with van der Waals surface area (Å²) in [6, 6.07) is 9.21. The Morgan fingerprint density at radius 3 is 2.60 bits per heavy atom. The van der Waals surface area contributed by atoms with Crippen molar-refractivity contribution in [3.63, 3.8) is 0 Å². The number of rotatable bonds is 2. The lowest BCUT2D eigenvalue weighted by molar-refractivity contribution is 0.439. The van der Waals surface area contributed by atoms with Crippen LogP contribution >= 0.6 is 50.5 Å². The van der Waals surface area contributed by atoms with Gasteiger partial charge in [-0.1, -0.05) is 34.4 Å². The predicted octanol–water partition coefficient (Wildman–Crippen LogP) is 5.72. The fraction of sp³-hybridized carbons (Fsp3) is 0. The number of hydrogen-bond acceptors (Lipinski definition) is 4. The molecule has 3 rings (SSSR count). The Labute approximate surface area is 137 Å². The van der Waals surface area contributed by atoms with Crippen molar-refractivity contribution in [2.24, 2.45) is 0 Å². The molecule has 0 aliphatic heterocycles. The summed E-state index contributed by atoms with van der Waals surface area (Å²) in [5.41, 5.74) is 8.12. The van der Waals surface area contributed by atoms with Crippen molar-refractivity contribution in [2.45, 2.75) is 0 Å². The number of halogens is 3. The average molecular weight is 390 g/mol. The smallest absolute Gasteiger partial charge is 0.230 e. The van der Waals surface area contributed by atoms with Gasteiger partial charge in [0.25, 0.3) is 0 Å². The summed E-state index contributed by atoms with van der Waals surface area (Å²) in [4.78, 5) is 0.957. The normalized spacial score (nSPS) is 10.9. The molecule has 0 radical (unpaired) electrons. The molecule has 3 aromatic rings. The highest BCUT2D eigenvalue weighted by molar-refractivity contribution is 9.11. The van der Waals surface area contributed by atoms with Gasteiger partial charge >= 0.3 is 0 Å². The number of anilines is 1. The van der Waals surface area contributed by atoms with Crippen LogP contribution in [0.15, 0.2) is 38.6 Å². The maximum absolute atomic E-state index is 6.06. The van der Waals surface area contributed by atoms with Crippen molar-refractivity contribution < 1.29 is 4.52 Å². The predicted molar refractivity (Wildman–Crippen MR) is 87.4 cm³/mol. The van der Waals surface area contributed by atoms with Gasteiger partial charge in [-0.05, 0) is 45.8 Å². The quantitative estimate of drug-likeness (QED) is 0.609. The largest absolute Gasteiger partial charge is 0.367 e. The second-order valence-corrected chi connectivity index (χ2v) is 7.28. The summed E-state index contributed by atoms with van der Waals surface area (Å²) in [7, 11) is 0. The van der Waals surface area contributed by atoms with Crippen molar-refractivity contribution in [3.8, 4) is 21.7 Å². The van der Waals surface area contributed by atoms with E-state index in [1.165, 1.54) is 0 Å². The molecule has 0 amide bonds. The van der Waals surface area contributed by atoms with E-state index in [2.05, 4.69) is 21.1 Å². The van der Waals surface area contributed by atoms with Crippen LogP contribution in [0.3, 0.4) is 0 Å². The monoisotopic (exact) mass is 388 g/mol. The summed E-state index contributed by atoms with van der Waals surface area (Å²) in [5.74, 6) is 0.253. The van der Waals surface area contributed by atoms with E-state index in [4.69, 9.17) is 33.5 Å². The first kappa shape index (κ1) is 13.9. The first-order valence-electron chi connectivity index (χ1n) is 5.52. The van der Waals surface area contributed by atoms with E-state index in [1.807, 2.05) is 18.2 Å². The number of thiophene rings is 1. The topological polar surface area (TPSA) is 52.0 Å². The molecule has 2 aromatic heterocycles. The second kappa shape index (κ2) is 5.41. The van der Waals surface area contributed by atoms with Gasteiger partial charge in [-0.25, -0.2) is 0 Å². The molecule has 0 saturated heterocycles. The summed E-state index contributed by atoms with van der Waals surface area (Å²) in [6.07, 6.45) is 0. The summed E-state index contributed by atoms with van der Waals surface area (Å²) in [6.45, 7) is 0. The van der Waals surface area contributed by atoms with Gasteiger partial charge in [0, 0.05) is 0 Å². The van der Waals surface area contributed by atoms with Gasteiger partial charge in [-0.3, -0.25) is 0 Å². The van der Waals surface area contributed by atoms with Gasteiger partial charge in [-0.15, -0.1) is 11.3 Å². The van der Waals surface area contributed by atoms with Gasteiger partial charge in [-0.2, -0.15) is 0 Å². The number of aromatic nitrogens is 1. The zero-order valence-corrected chi connectivity index (χ0v) is 13.8. The number of hydrogen-bond donors (Lipinski definition) is 1. The van der Waals surface area contributed by atoms with Crippen molar-refractivity contribution >= 4 is 56.4 Å². The first-order chi connectivity index (χ1) is 9.56. The van der Waals surface area contributed by atoms with E-state index in [9.17, 15) is 0 Å². The van der Waals surface area contributed by atoms with E-state index in [1.54, 1.807) is 23.5 Å². The Hall–Kier alpha value is -1.01. The standard InChI is InChI=1S/C13H7BrCl2N2OS/c14-10-4-3-9(20-10)12-11(13(17)19-18-12)6-1-2-7(15)8(16)5-6/h1-5H,17H2. The van der Waals surface area contributed by atoms with Crippen LogP contribution in [0.4, 0.5) is 5.88 Å². The third-order valence-corrected chi connectivity index (χ3v) is 5.10. The average Bonchev–Trinajstić information content (AvgIpc) is 2.99. The Kier molecular flexibility index (Phi) is 3.77. The molecule has 0 aliphatic carbocycles. The molecule has 0 fully saturated rings. The molecule has 0 bridgehead atoms. The van der Waals surface area contributed by atoms with Crippen molar-refractivity contribution in [3.05, 3.63) is 44.2 Å². The minimum Gasteiger partial charge on any atom is -0.367 e. The van der Waals surface area contributed by atoms with Crippen LogP contribution < -0.4 is 5.73 Å². The summed E-state index contributed by atoms with van der Waals surface area (Å²) < 4.78 is 6.14. The molecule has 0 atom stereocenters. The van der Waals surface area contributed by atoms with Crippen molar-refractivity contribution in [1.29, 1.82) is 0 Å². The Morgan fingerprint density at radius 1 is 1.15 bits per heavy atom. The fourth-order valence-corrected chi connectivity index (χ4v) is 3.51. The zero-order chi connectivity index (χ0) is 14.3. The molecule has 102 valence electrons. The van der Waals surface area contributed by atoms with Crippen LogP contribution in [0.2, 0.25) is 10.0 Å². The second-order valence-electron chi connectivity index (χ2n) is 4.00. The number of benzene rings is 1. The lowest BCUT2D eigenvalue weighted by Crippen LogP contribution is -1.87. The minimum absolute atomic E-state index is 0.253. The van der Waals surface area contributed by atoms with Crippen LogP contribution in [-0.2, 0) is 0 Å². The maximum atomic E-state index is 6.06. The summed E-state index contributed by atoms with van der Waals surface area (Å²) in [5, 5.41) is 4.99. The highest BCUT2D eigenvalue weighted by atomic mass is 79.9. The van der Waals surface area contributed by atoms with E-state index >= 15 is 0 Å². The SMILES string of the molecule is Nc1onc(-c2ccc(Br)s2)c1-c1ccc(Cl)c(Cl)c1. The Morgan fingerprint density at radius 2 is 1.95 bits per heavy atom. The highest BCUT2D eigenvalue weighted by Crippen LogP contribution is 2.41. The van der Waals surface area contributed by atoms with Crippen LogP contribution in [0, 0.1) is 0 Å². The third-order valence-electron chi connectivity index (χ3n) is 2.73. The van der Waals surface area contributed by atoms with Crippen LogP contribution in [0.25, 0.3) is 21.7 Å². The molecule has 3 nitrogen and oxygen atoms in total. The lowest BCUT2D eigenvalue weighted by Gasteiger charge is -2.03. The van der Waals surface area contributed by atoms with E-state index in [0.29, 0.717) is 15.7 Å². The van der Waals surface area contributed by atoms with Crippen LogP contribution in [0.5, 0.6) is 0 Å². The molecule has 0 saturated carbocycles. The van der Waals surface area contributed by atoms with Gasteiger partial charge in [0.05, 0.1) is 24.3 Å². The molecule has 1 aromatic carbocycles. The summed E-state index contributed by atoms with van der Waals surface area (Å²) >= 11 is 17.0. The van der Waals surface area contributed by atoms with E-state index < -0.39 is 0 Å². The van der Waals surface area contributed by atoms with Crippen LogP contribution in [0.1, 0.15) is 0 Å². The molecule has 2 heterocycles. The van der Waals surface area contributed by atoms with Crippen molar-refractivity contribution in [2.75, 3.05) is 5.73 Å². The van der Waals surface area contributed by atoms with Gasteiger partial charge in [0.15, 0.2) is 0 Å². The molecule has 2 N–H and O–H groups in total. The Balaban J connectivity index is 2.18. The Bertz CT molecular complexity index is 785. The molecule has 0 spiro atoms. The molecular formula is C13H7BrCl2N2OS. The van der Waals surface area contributed by atoms with Gasteiger partial charge in [0.1, 0.15) is 5.69 Å². The molecule has 20 heavy (non-hydrogen) atoms. The number of nitrogen functional groups attached to an aromatic ring is 1. The third kappa shape index (κ3) is 2.46. The minimum atomic E-state index is 0.253.